The van der Waals surface area contributed by atoms with E-state index in [1.807, 2.05) is 6.92 Å². The van der Waals surface area contributed by atoms with E-state index >= 15 is 0 Å². The number of benzene rings is 2. The van der Waals surface area contributed by atoms with E-state index in [4.69, 9.17) is 0 Å². The van der Waals surface area contributed by atoms with Crippen molar-refractivity contribution in [1.29, 1.82) is 0 Å². The van der Waals surface area contributed by atoms with Gasteiger partial charge in [-0.05, 0) is 48.7 Å². The van der Waals surface area contributed by atoms with Crippen LogP contribution in [0.3, 0.4) is 0 Å². The molecule has 3 aromatic rings. The fourth-order valence-electron chi connectivity index (χ4n) is 3.65. The molecule has 0 aliphatic heterocycles. The van der Waals surface area contributed by atoms with Gasteiger partial charge in [-0.1, -0.05) is 25.5 Å². The van der Waals surface area contributed by atoms with Gasteiger partial charge < -0.3 is 15.2 Å². The molecule has 0 aliphatic carbocycles. The van der Waals surface area contributed by atoms with Gasteiger partial charge >= 0.3 is 6.18 Å². The van der Waals surface area contributed by atoms with Gasteiger partial charge in [0.1, 0.15) is 17.7 Å². The molecule has 0 fully saturated rings. The number of imidazole rings is 1. The molecule has 36 heavy (non-hydrogen) atoms. The van der Waals surface area contributed by atoms with Gasteiger partial charge in [0.05, 0.1) is 24.4 Å². The first-order valence-corrected chi connectivity index (χ1v) is 11.2. The highest BCUT2D eigenvalue weighted by atomic mass is 19.4. The first kappa shape index (κ1) is 26.8. The molecule has 2 amide bonds. The Morgan fingerprint density at radius 3 is 2.28 bits per heavy atom. The number of carbonyl (C=O) groups excluding carboxylic acids is 2. The second-order valence-electron chi connectivity index (χ2n) is 8.35. The summed E-state index contributed by atoms with van der Waals surface area (Å²) >= 11 is 0. The summed E-state index contributed by atoms with van der Waals surface area (Å²) in [5, 5.41) is 5.19. The maximum Gasteiger partial charge on any atom is 0.416 e. The van der Waals surface area contributed by atoms with Crippen LogP contribution in [-0.4, -0.2) is 27.4 Å². The summed E-state index contributed by atoms with van der Waals surface area (Å²) in [6, 6.07) is 6.29. The Labute approximate surface area is 204 Å². The number of nitrogens with one attached hydrogen (secondary N) is 2. The van der Waals surface area contributed by atoms with Crippen LogP contribution < -0.4 is 10.6 Å². The third kappa shape index (κ3) is 7.12. The van der Waals surface area contributed by atoms with E-state index < -0.39 is 41.2 Å². The first-order valence-electron chi connectivity index (χ1n) is 11.2. The van der Waals surface area contributed by atoms with Crippen molar-refractivity contribution in [3.8, 4) is 0 Å². The number of alkyl halides is 3. The third-order valence-electron chi connectivity index (χ3n) is 5.54. The lowest BCUT2D eigenvalue weighted by Gasteiger charge is -2.17. The predicted molar refractivity (Wildman–Crippen MR) is 123 cm³/mol. The molecule has 0 saturated carbocycles. The van der Waals surface area contributed by atoms with Crippen molar-refractivity contribution in [2.45, 2.75) is 51.4 Å². The van der Waals surface area contributed by atoms with Gasteiger partial charge in [0, 0.05) is 12.3 Å². The van der Waals surface area contributed by atoms with Crippen molar-refractivity contribution in [2.24, 2.45) is 0 Å². The predicted octanol–water partition coefficient (Wildman–Crippen LogP) is 5.26. The van der Waals surface area contributed by atoms with E-state index in [1.165, 1.54) is 24.7 Å². The minimum atomic E-state index is -4.42. The molecule has 6 nitrogen and oxygen atoms in total. The summed E-state index contributed by atoms with van der Waals surface area (Å²) in [6.45, 7) is 3.60. The molecule has 0 saturated heterocycles. The smallest absolute Gasteiger partial charge is 0.344 e. The summed E-state index contributed by atoms with van der Waals surface area (Å²) in [5.74, 6) is -2.51. The number of amides is 2. The minimum absolute atomic E-state index is 0.136. The molecule has 3 rings (SSSR count). The van der Waals surface area contributed by atoms with Gasteiger partial charge in [-0.25, -0.2) is 13.8 Å². The van der Waals surface area contributed by atoms with Crippen molar-refractivity contribution in [1.82, 2.24) is 14.9 Å². The highest BCUT2D eigenvalue weighted by molar-refractivity contribution is 5.96. The van der Waals surface area contributed by atoms with Gasteiger partial charge in [-0.2, -0.15) is 13.2 Å². The summed E-state index contributed by atoms with van der Waals surface area (Å²) < 4.78 is 66.8. The van der Waals surface area contributed by atoms with Crippen molar-refractivity contribution in [3.63, 3.8) is 0 Å². The van der Waals surface area contributed by atoms with Crippen LogP contribution in [0.25, 0.3) is 0 Å². The molecule has 11 heteroatoms. The van der Waals surface area contributed by atoms with Gasteiger partial charge in [0.15, 0.2) is 5.82 Å². The zero-order valence-corrected chi connectivity index (χ0v) is 19.6. The summed E-state index contributed by atoms with van der Waals surface area (Å²) in [6.07, 6.45) is -0.873. The van der Waals surface area contributed by atoms with Gasteiger partial charge in [-0.3, -0.25) is 9.59 Å². The van der Waals surface area contributed by atoms with Crippen molar-refractivity contribution >= 4 is 17.6 Å². The van der Waals surface area contributed by atoms with Crippen molar-refractivity contribution in [2.75, 3.05) is 5.32 Å². The molecule has 0 bridgehead atoms. The number of hydrogen-bond acceptors (Lipinski definition) is 3. The molecular formula is C25H25F5N4O2. The van der Waals surface area contributed by atoms with Crippen LogP contribution in [0.2, 0.25) is 0 Å². The number of carbonyl (C=O) groups is 2. The van der Waals surface area contributed by atoms with E-state index in [9.17, 15) is 31.5 Å². The zero-order chi connectivity index (χ0) is 26.5. The lowest BCUT2D eigenvalue weighted by molar-refractivity contribution is -0.137. The van der Waals surface area contributed by atoms with Crippen LogP contribution in [0.4, 0.5) is 27.8 Å². The molecule has 1 unspecified atom stereocenters. The minimum Gasteiger partial charge on any atom is -0.344 e. The van der Waals surface area contributed by atoms with Crippen molar-refractivity contribution < 1.29 is 31.5 Å². The Morgan fingerprint density at radius 2 is 1.69 bits per heavy atom. The lowest BCUT2D eigenvalue weighted by atomic mass is 10.1. The number of anilines is 1. The summed E-state index contributed by atoms with van der Waals surface area (Å²) in [4.78, 5) is 29.3. The second kappa shape index (κ2) is 11.3. The SMILES string of the molecule is CCCC(NC(=O)Cc1cc(F)cc(F)c1)C(=O)Nc1cn([C@@H](C)c2ccc(C(F)(F)F)cc2)cn1. The van der Waals surface area contributed by atoms with Crippen LogP contribution in [-0.2, 0) is 22.2 Å². The Morgan fingerprint density at radius 1 is 1.06 bits per heavy atom. The molecule has 192 valence electrons. The molecule has 1 aromatic heterocycles. The lowest BCUT2D eigenvalue weighted by Crippen LogP contribution is -2.44. The standard InChI is InChI=1S/C25H25F5N4O2/c1-3-4-21(32-23(35)11-16-9-19(26)12-20(27)10-16)24(36)33-22-13-34(14-31-22)15(2)17-5-7-18(8-6-17)25(28,29)30/h5-10,12-15,21H,3-4,11H2,1-2H3,(H,32,35)(H,33,36)/t15-,21?/m0/s1. The van der Waals surface area contributed by atoms with Crippen molar-refractivity contribution in [3.05, 3.63) is 83.3 Å². The summed E-state index contributed by atoms with van der Waals surface area (Å²) in [7, 11) is 0. The maximum atomic E-state index is 13.4. The Balaban J connectivity index is 1.63. The molecule has 0 aliphatic rings. The zero-order valence-electron chi connectivity index (χ0n) is 19.6. The topological polar surface area (TPSA) is 76.0 Å². The molecule has 2 aromatic carbocycles. The normalized spacial score (nSPS) is 13.2. The quantitative estimate of drug-likeness (QED) is 0.388. The van der Waals surface area contributed by atoms with Gasteiger partial charge in [0.25, 0.3) is 0 Å². The fraction of sp³-hybridized carbons (Fsp3) is 0.320. The van der Waals surface area contributed by atoms with Crippen LogP contribution in [0.1, 0.15) is 49.4 Å². The Bertz CT molecular complexity index is 1190. The summed E-state index contributed by atoms with van der Waals surface area (Å²) in [5.41, 5.74) is 0.00317. The monoisotopic (exact) mass is 508 g/mol. The average molecular weight is 508 g/mol. The number of halogens is 5. The fourth-order valence-corrected chi connectivity index (χ4v) is 3.65. The van der Waals surface area contributed by atoms with Gasteiger partial charge in [0.2, 0.25) is 11.8 Å². The number of aromatic nitrogens is 2. The molecular weight excluding hydrogens is 483 g/mol. The van der Waals surface area contributed by atoms with E-state index in [2.05, 4.69) is 15.6 Å². The first-order chi connectivity index (χ1) is 17.0. The molecule has 2 atom stereocenters. The molecule has 1 heterocycles. The van der Waals surface area contributed by atoms with Gasteiger partial charge in [-0.15, -0.1) is 0 Å². The van der Waals surface area contributed by atoms with Crippen LogP contribution in [0.15, 0.2) is 55.0 Å². The molecule has 0 spiro atoms. The highest BCUT2D eigenvalue weighted by Gasteiger charge is 2.30. The number of nitrogens with zero attached hydrogens (tertiary/aromatic N) is 2. The third-order valence-corrected chi connectivity index (χ3v) is 5.54. The Hall–Kier alpha value is -3.76. The highest BCUT2D eigenvalue weighted by Crippen LogP contribution is 2.30. The van der Waals surface area contributed by atoms with Crippen LogP contribution in [0, 0.1) is 11.6 Å². The second-order valence-corrected chi connectivity index (χ2v) is 8.35. The molecule has 2 N–H and O–H groups in total. The molecule has 0 radical (unpaired) electrons. The number of rotatable bonds is 9. The van der Waals surface area contributed by atoms with E-state index in [1.54, 1.807) is 11.5 Å². The van der Waals surface area contributed by atoms with E-state index in [0.29, 0.717) is 24.5 Å². The largest absolute Gasteiger partial charge is 0.416 e. The van der Waals surface area contributed by atoms with E-state index in [-0.39, 0.29) is 23.8 Å². The average Bonchev–Trinajstić information content (AvgIpc) is 3.25. The van der Waals surface area contributed by atoms with Crippen LogP contribution >= 0.6 is 0 Å². The maximum absolute atomic E-state index is 13.4. The number of hydrogen-bond donors (Lipinski definition) is 2. The van der Waals surface area contributed by atoms with E-state index in [0.717, 1.165) is 24.3 Å². The Kier molecular flexibility index (Phi) is 8.44. The van der Waals surface area contributed by atoms with Crippen LogP contribution in [0.5, 0.6) is 0 Å².